The molecule has 0 aliphatic carbocycles. The van der Waals surface area contributed by atoms with Crippen LogP contribution in [0.4, 0.5) is 26.3 Å². The van der Waals surface area contributed by atoms with E-state index in [-0.39, 0.29) is 17.7 Å². The van der Waals surface area contributed by atoms with E-state index in [1.165, 1.54) is 25.6 Å². The van der Waals surface area contributed by atoms with Crippen molar-refractivity contribution in [1.29, 1.82) is 0 Å². The van der Waals surface area contributed by atoms with Gasteiger partial charge in [-0.3, -0.25) is 4.79 Å². The molecular formula is C16H15F6N5O2. The molecule has 2 rings (SSSR count). The fourth-order valence-electron chi connectivity index (χ4n) is 2.40. The first-order chi connectivity index (χ1) is 13.3. The van der Waals surface area contributed by atoms with Gasteiger partial charge in [0.2, 0.25) is 0 Å². The molecule has 1 heterocycles. The molecule has 13 heteroatoms. The average molecular weight is 423 g/mol. The minimum absolute atomic E-state index is 0.0542. The third-order valence-electron chi connectivity index (χ3n) is 3.69. The Morgan fingerprint density at radius 2 is 1.69 bits per heavy atom. The first-order valence-electron chi connectivity index (χ1n) is 7.93. The highest BCUT2D eigenvalue weighted by molar-refractivity contribution is 5.95. The number of carbonyl (C=O) groups is 1. The molecule has 1 aromatic carbocycles. The Morgan fingerprint density at radius 3 is 2.17 bits per heavy atom. The zero-order chi connectivity index (χ0) is 22.0. The number of aromatic nitrogens is 3. The van der Waals surface area contributed by atoms with Gasteiger partial charge >= 0.3 is 12.4 Å². The molecule has 7 nitrogen and oxygen atoms in total. The molecule has 1 unspecified atom stereocenters. The summed E-state index contributed by atoms with van der Waals surface area (Å²) >= 11 is 0. The third-order valence-corrected chi connectivity index (χ3v) is 3.69. The van der Waals surface area contributed by atoms with E-state index in [0.29, 0.717) is 12.1 Å². The van der Waals surface area contributed by atoms with Crippen LogP contribution in [0.15, 0.2) is 29.7 Å². The molecule has 0 radical (unpaired) electrons. The Balaban J connectivity index is 2.36. The maximum absolute atomic E-state index is 13.0. The smallest absolute Gasteiger partial charge is 0.398 e. The normalized spacial score (nSPS) is 13.9. The fourth-order valence-corrected chi connectivity index (χ4v) is 2.40. The van der Waals surface area contributed by atoms with E-state index in [0.717, 1.165) is 6.33 Å². The quantitative estimate of drug-likeness (QED) is 0.353. The Morgan fingerprint density at radius 1 is 1.14 bits per heavy atom. The van der Waals surface area contributed by atoms with Crippen LogP contribution in [0.1, 0.15) is 47.2 Å². The van der Waals surface area contributed by atoms with Crippen LogP contribution in [0.5, 0.6) is 0 Å². The molecule has 1 atom stereocenters. The number of amides is 1. The SMILES string of the molecule is CO/N=C(\C)n1ncnc1C(C)NC(=O)c1cc(C(F)(F)F)cc(C(F)(F)F)c1. The van der Waals surface area contributed by atoms with E-state index in [1.807, 2.05) is 0 Å². The molecule has 2 aromatic rings. The van der Waals surface area contributed by atoms with E-state index >= 15 is 0 Å². The summed E-state index contributed by atoms with van der Waals surface area (Å²) in [5.41, 5.74) is -3.97. The summed E-state index contributed by atoms with van der Waals surface area (Å²) in [6, 6.07) is -0.281. The number of carbonyl (C=O) groups excluding carboxylic acids is 1. The fraction of sp³-hybridized carbons (Fsp3) is 0.375. The van der Waals surface area contributed by atoms with Crippen LogP contribution in [0.2, 0.25) is 0 Å². The molecule has 0 spiro atoms. The minimum Gasteiger partial charge on any atom is -0.398 e. The van der Waals surface area contributed by atoms with Gasteiger partial charge in [0.1, 0.15) is 13.4 Å². The standard InChI is InChI=1S/C16H15F6N5O2/c1-8(13-23-7-24-27(13)9(2)26-29-3)25-14(28)10-4-11(15(17,18)19)6-12(5-10)16(20,21)22/h4-8H,1-3H3,(H,25,28)/b26-9+. The second-order valence-corrected chi connectivity index (χ2v) is 5.84. The van der Waals surface area contributed by atoms with Crippen LogP contribution in [-0.2, 0) is 17.2 Å². The minimum atomic E-state index is -5.06. The van der Waals surface area contributed by atoms with E-state index in [1.54, 1.807) is 0 Å². The van der Waals surface area contributed by atoms with Gasteiger partial charge in [-0.1, -0.05) is 5.16 Å². The summed E-state index contributed by atoms with van der Waals surface area (Å²) in [4.78, 5) is 20.9. The van der Waals surface area contributed by atoms with E-state index in [4.69, 9.17) is 0 Å². The van der Waals surface area contributed by atoms with E-state index in [9.17, 15) is 31.1 Å². The average Bonchev–Trinajstić information content (AvgIpc) is 3.10. The van der Waals surface area contributed by atoms with Crippen molar-refractivity contribution in [3.8, 4) is 0 Å². The Kier molecular flexibility index (Phi) is 6.18. The number of hydrogen-bond donors (Lipinski definition) is 1. The lowest BCUT2D eigenvalue weighted by Crippen LogP contribution is -2.30. The zero-order valence-electron chi connectivity index (χ0n) is 15.3. The topological polar surface area (TPSA) is 81.4 Å². The van der Waals surface area contributed by atoms with Gasteiger partial charge in [0.15, 0.2) is 11.7 Å². The van der Waals surface area contributed by atoms with Gasteiger partial charge in [0.25, 0.3) is 5.91 Å². The van der Waals surface area contributed by atoms with Crippen molar-refractivity contribution in [3.05, 3.63) is 47.0 Å². The van der Waals surface area contributed by atoms with Crippen LogP contribution in [-0.4, -0.2) is 33.6 Å². The van der Waals surface area contributed by atoms with Crippen molar-refractivity contribution < 1.29 is 36.0 Å². The number of nitrogens with zero attached hydrogens (tertiary/aromatic N) is 4. The zero-order valence-corrected chi connectivity index (χ0v) is 15.3. The lowest BCUT2D eigenvalue weighted by Gasteiger charge is -2.17. The molecular weight excluding hydrogens is 408 g/mol. The first-order valence-corrected chi connectivity index (χ1v) is 7.93. The molecule has 0 saturated carbocycles. The Bertz CT molecular complexity index is 887. The summed E-state index contributed by atoms with van der Waals surface area (Å²) in [6.07, 6.45) is -8.98. The predicted molar refractivity (Wildman–Crippen MR) is 87.9 cm³/mol. The largest absolute Gasteiger partial charge is 0.416 e. The van der Waals surface area contributed by atoms with Crippen molar-refractivity contribution in [2.75, 3.05) is 7.11 Å². The predicted octanol–water partition coefficient (Wildman–Crippen LogP) is 3.63. The van der Waals surface area contributed by atoms with Gasteiger partial charge in [-0.2, -0.15) is 36.1 Å². The number of hydrogen-bond acceptors (Lipinski definition) is 5. The molecule has 1 N–H and O–H groups in total. The van der Waals surface area contributed by atoms with Crippen LogP contribution in [0.3, 0.4) is 0 Å². The lowest BCUT2D eigenvalue weighted by atomic mass is 10.0. The van der Waals surface area contributed by atoms with Gasteiger partial charge in [-0.05, 0) is 32.0 Å². The van der Waals surface area contributed by atoms with Gasteiger partial charge < -0.3 is 10.2 Å². The number of halogens is 6. The van der Waals surface area contributed by atoms with Gasteiger partial charge in [-0.15, -0.1) is 0 Å². The van der Waals surface area contributed by atoms with Crippen molar-refractivity contribution in [2.24, 2.45) is 5.16 Å². The highest BCUT2D eigenvalue weighted by Crippen LogP contribution is 2.36. The first kappa shape index (κ1) is 22.2. The summed E-state index contributed by atoms with van der Waals surface area (Å²) in [7, 11) is 1.29. The number of nitrogens with one attached hydrogen (secondary N) is 1. The van der Waals surface area contributed by atoms with E-state index in [2.05, 4.69) is 25.4 Å². The highest BCUT2D eigenvalue weighted by Gasteiger charge is 2.37. The summed E-state index contributed by atoms with van der Waals surface area (Å²) in [5, 5.41) is 9.81. The summed E-state index contributed by atoms with van der Waals surface area (Å²) in [5.74, 6) is -0.774. The molecule has 0 aliphatic rings. The number of oxime groups is 1. The molecule has 0 fully saturated rings. The molecule has 29 heavy (non-hydrogen) atoms. The lowest BCUT2D eigenvalue weighted by molar-refractivity contribution is -0.143. The van der Waals surface area contributed by atoms with Crippen molar-refractivity contribution in [3.63, 3.8) is 0 Å². The van der Waals surface area contributed by atoms with Crippen molar-refractivity contribution in [2.45, 2.75) is 32.2 Å². The number of alkyl halides is 6. The second-order valence-electron chi connectivity index (χ2n) is 5.84. The Hall–Kier alpha value is -3.12. The Labute approximate surface area is 160 Å². The third kappa shape index (κ3) is 5.23. The highest BCUT2D eigenvalue weighted by atomic mass is 19.4. The molecule has 1 amide bonds. The summed E-state index contributed by atoms with van der Waals surface area (Å²) in [6.45, 7) is 2.94. The molecule has 158 valence electrons. The van der Waals surface area contributed by atoms with Gasteiger partial charge in [0, 0.05) is 5.56 Å². The van der Waals surface area contributed by atoms with Crippen LogP contribution >= 0.6 is 0 Å². The molecule has 0 aliphatic heterocycles. The molecule has 0 saturated heterocycles. The van der Waals surface area contributed by atoms with Gasteiger partial charge in [0.05, 0.1) is 17.2 Å². The number of benzene rings is 1. The maximum Gasteiger partial charge on any atom is 0.416 e. The second kappa shape index (κ2) is 8.09. The monoisotopic (exact) mass is 423 g/mol. The van der Waals surface area contributed by atoms with E-state index < -0.39 is 41.0 Å². The van der Waals surface area contributed by atoms with Crippen LogP contribution < -0.4 is 5.32 Å². The van der Waals surface area contributed by atoms with Crippen molar-refractivity contribution in [1.82, 2.24) is 20.1 Å². The van der Waals surface area contributed by atoms with Gasteiger partial charge in [-0.25, -0.2) is 4.98 Å². The number of rotatable bonds is 4. The summed E-state index contributed by atoms with van der Waals surface area (Å²) < 4.78 is 78.9. The van der Waals surface area contributed by atoms with Crippen molar-refractivity contribution >= 4 is 11.7 Å². The molecule has 0 bridgehead atoms. The maximum atomic E-state index is 13.0. The molecule has 1 aromatic heterocycles. The van der Waals surface area contributed by atoms with Crippen LogP contribution in [0, 0.1) is 0 Å². The van der Waals surface area contributed by atoms with Crippen LogP contribution in [0.25, 0.3) is 0 Å².